The predicted molar refractivity (Wildman–Crippen MR) is 81.9 cm³/mol. The number of hydrogen-bond donors (Lipinski definition) is 2. The minimum absolute atomic E-state index is 0.0916. The lowest BCUT2D eigenvalue weighted by molar-refractivity contribution is 0.0935. The molecule has 2 aromatic rings. The second-order valence-corrected chi connectivity index (χ2v) is 4.59. The lowest BCUT2D eigenvalue weighted by atomic mass is 10.1. The number of rotatable bonds is 5. The molecule has 0 aliphatic heterocycles. The van der Waals surface area contributed by atoms with Gasteiger partial charge in [0, 0.05) is 24.0 Å². The molecule has 22 heavy (non-hydrogen) atoms. The minimum Gasteiger partial charge on any atom is -0.497 e. The number of nitrogens with two attached hydrogens (primary N) is 1. The maximum Gasteiger partial charge on any atom is 0.274 e. The van der Waals surface area contributed by atoms with Gasteiger partial charge in [0.1, 0.15) is 11.5 Å². The van der Waals surface area contributed by atoms with E-state index in [2.05, 4.69) is 15.3 Å². The van der Waals surface area contributed by atoms with E-state index < -0.39 is 5.91 Å². The molecule has 0 bridgehead atoms. The average molecular weight is 302 g/mol. The summed E-state index contributed by atoms with van der Waals surface area (Å²) in [7, 11) is 3.14. The van der Waals surface area contributed by atoms with Gasteiger partial charge in [0.25, 0.3) is 5.91 Å². The standard InChI is InChI=1S/C15H18N4O3/c1-9(11-5-4-10(21-2)8-12(11)22-3)19-15(20)13-14(16)18-7-6-17-13/h4-9H,1-3H3,(H2,16,18)(H,19,20). The van der Waals surface area contributed by atoms with Crippen LogP contribution in [0.1, 0.15) is 29.0 Å². The lowest BCUT2D eigenvalue weighted by Crippen LogP contribution is -2.28. The fourth-order valence-corrected chi connectivity index (χ4v) is 2.04. The first-order chi connectivity index (χ1) is 10.6. The summed E-state index contributed by atoms with van der Waals surface area (Å²) >= 11 is 0. The fourth-order valence-electron chi connectivity index (χ4n) is 2.04. The Morgan fingerprint density at radius 1 is 1.23 bits per heavy atom. The van der Waals surface area contributed by atoms with Crippen LogP contribution in [0.15, 0.2) is 30.6 Å². The lowest BCUT2D eigenvalue weighted by Gasteiger charge is -2.18. The normalized spacial score (nSPS) is 11.6. The van der Waals surface area contributed by atoms with Gasteiger partial charge in [-0.3, -0.25) is 4.79 Å². The zero-order valence-electron chi connectivity index (χ0n) is 12.7. The Balaban J connectivity index is 2.20. The summed E-state index contributed by atoms with van der Waals surface area (Å²) < 4.78 is 10.5. The molecule has 7 nitrogen and oxygen atoms in total. The summed E-state index contributed by atoms with van der Waals surface area (Å²) in [6.07, 6.45) is 2.85. The van der Waals surface area contributed by atoms with Crippen LogP contribution >= 0.6 is 0 Å². The number of carbonyl (C=O) groups excluding carboxylic acids is 1. The van der Waals surface area contributed by atoms with Crippen molar-refractivity contribution >= 4 is 11.7 Å². The summed E-state index contributed by atoms with van der Waals surface area (Å²) in [4.78, 5) is 20.0. The van der Waals surface area contributed by atoms with Gasteiger partial charge in [-0.15, -0.1) is 0 Å². The van der Waals surface area contributed by atoms with Crippen molar-refractivity contribution in [2.45, 2.75) is 13.0 Å². The van der Waals surface area contributed by atoms with Crippen molar-refractivity contribution in [3.63, 3.8) is 0 Å². The van der Waals surface area contributed by atoms with E-state index in [4.69, 9.17) is 15.2 Å². The molecule has 0 fully saturated rings. The van der Waals surface area contributed by atoms with Gasteiger partial charge >= 0.3 is 0 Å². The average Bonchev–Trinajstić information content (AvgIpc) is 2.54. The monoisotopic (exact) mass is 302 g/mol. The number of carbonyl (C=O) groups is 1. The summed E-state index contributed by atoms with van der Waals surface area (Å²) in [6, 6.07) is 5.10. The first kappa shape index (κ1) is 15.6. The number of anilines is 1. The highest BCUT2D eigenvalue weighted by atomic mass is 16.5. The number of amides is 1. The second kappa shape index (κ2) is 6.75. The van der Waals surface area contributed by atoms with E-state index in [1.807, 2.05) is 13.0 Å². The number of hydrogen-bond acceptors (Lipinski definition) is 6. The fraction of sp³-hybridized carbons (Fsp3) is 0.267. The number of nitrogen functional groups attached to an aromatic ring is 1. The van der Waals surface area contributed by atoms with Crippen molar-refractivity contribution in [3.8, 4) is 11.5 Å². The Labute approximate surface area is 128 Å². The topological polar surface area (TPSA) is 99.4 Å². The molecule has 0 saturated carbocycles. The van der Waals surface area contributed by atoms with E-state index in [9.17, 15) is 4.79 Å². The largest absolute Gasteiger partial charge is 0.497 e. The number of benzene rings is 1. The van der Waals surface area contributed by atoms with E-state index in [1.54, 1.807) is 26.4 Å². The number of nitrogens with one attached hydrogen (secondary N) is 1. The molecular weight excluding hydrogens is 284 g/mol. The van der Waals surface area contributed by atoms with Crippen LogP contribution in [0.25, 0.3) is 0 Å². The molecule has 0 spiro atoms. The number of ether oxygens (including phenoxy) is 2. The zero-order chi connectivity index (χ0) is 16.1. The Morgan fingerprint density at radius 3 is 2.59 bits per heavy atom. The number of nitrogens with zero attached hydrogens (tertiary/aromatic N) is 2. The molecule has 1 unspecified atom stereocenters. The second-order valence-electron chi connectivity index (χ2n) is 4.59. The van der Waals surface area contributed by atoms with Gasteiger partial charge in [-0.05, 0) is 19.1 Å². The molecule has 1 amide bonds. The quantitative estimate of drug-likeness (QED) is 0.869. The molecule has 116 valence electrons. The Bertz CT molecular complexity index is 676. The molecule has 3 N–H and O–H groups in total. The molecule has 1 aromatic heterocycles. The Morgan fingerprint density at radius 2 is 1.95 bits per heavy atom. The van der Waals surface area contributed by atoms with Gasteiger partial charge in [0.2, 0.25) is 0 Å². The molecule has 1 aromatic carbocycles. The smallest absolute Gasteiger partial charge is 0.274 e. The van der Waals surface area contributed by atoms with Crippen LogP contribution in [0.3, 0.4) is 0 Å². The third kappa shape index (κ3) is 3.25. The van der Waals surface area contributed by atoms with Crippen molar-refractivity contribution in [1.29, 1.82) is 0 Å². The molecule has 0 radical (unpaired) electrons. The highest BCUT2D eigenvalue weighted by Crippen LogP contribution is 2.29. The van der Waals surface area contributed by atoms with Crippen LogP contribution in [0.4, 0.5) is 5.82 Å². The van der Waals surface area contributed by atoms with Crippen LogP contribution in [-0.4, -0.2) is 30.1 Å². The van der Waals surface area contributed by atoms with Crippen molar-refractivity contribution in [2.24, 2.45) is 0 Å². The van der Waals surface area contributed by atoms with Gasteiger partial charge in [0.15, 0.2) is 11.5 Å². The molecule has 1 heterocycles. The zero-order valence-corrected chi connectivity index (χ0v) is 12.7. The first-order valence-corrected chi connectivity index (χ1v) is 6.66. The van der Waals surface area contributed by atoms with Gasteiger partial charge in [-0.1, -0.05) is 0 Å². The van der Waals surface area contributed by atoms with Crippen molar-refractivity contribution in [3.05, 3.63) is 41.9 Å². The molecular formula is C15H18N4O3. The van der Waals surface area contributed by atoms with E-state index in [0.29, 0.717) is 11.5 Å². The third-order valence-electron chi connectivity index (χ3n) is 3.20. The highest BCUT2D eigenvalue weighted by molar-refractivity contribution is 5.96. The van der Waals surface area contributed by atoms with Crippen molar-refractivity contribution < 1.29 is 14.3 Å². The van der Waals surface area contributed by atoms with Gasteiger partial charge < -0.3 is 20.5 Å². The van der Waals surface area contributed by atoms with E-state index in [1.165, 1.54) is 12.4 Å². The Hall–Kier alpha value is -2.83. The number of aromatic nitrogens is 2. The number of methoxy groups -OCH3 is 2. The molecule has 7 heteroatoms. The van der Waals surface area contributed by atoms with Gasteiger partial charge in [0.05, 0.1) is 20.3 Å². The molecule has 0 saturated heterocycles. The van der Waals surface area contributed by atoms with E-state index in [-0.39, 0.29) is 17.6 Å². The minimum atomic E-state index is -0.393. The maximum absolute atomic E-state index is 12.2. The van der Waals surface area contributed by atoms with Crippen LogP contribution in [0.5, 0.6) is 11.5 Å². The third-order valence-corrected chi connectivity index (χ3v) is 3.20. The Kier molecular flexibility index (Phi) is 4.77. The SMILES string of the molecule is COc1ccc(C(C)NC(=O)c2nccnc2N)c(OC)c1. The summed E-state index contributed by atoms with van der Waals surface area (Å²) in [5.74, 6) is 1.00. The van der Waals surface area contributed by atoms with Crippen molar-refractivity contribution in [1.82, 2.24) is 15.3 Å². The summed E-state index contributed by atoms with van der Waals surface area (Å²) in [6.45, 7) is 1.84. The predicted octanol–water partition coefficient (Wildman–Crippen LogP) is 1.57. The highest BCUT2D eigenvalue weighted by Gasteiger charge is 2.18. The van der Waals surface area contributed by atoms with Gasteiger partial charge in [-0.25, -0.2) is 9.97 Å². The van der Waals surface area contributed by atoms with Crippen LogP contribution in [-0.2, 0) is 0 Å². The first-order valence-electron chi connectivity index (χ1n) is 6.66. The van der Waals surface area contributed by atoms with Crippen LogP contribution in [0.2, 0.25) is 0 Å². The molecule has 1 atom stereocenters. The molecule has 0 aliphatic rings. The molecule has 0 aliphatic carbocycles. The summed E-state index contributed by atoms with van der Waals surface area (Å²) in [5.41, 5.74) is 6.57. The van der Waals surface area contributed by atoms with Crippen LogP contribution in [0, 0.1) is 0 Å². The van der Waals surface area contributed by atoms with Crippen LogP contribution < -0.4 is 20.5 Å². The van der Waals surface area contributed by atoms with Crippen molar-refractivity contribution in [2.75, 3.05) is 20.0 Å². The molecule has 2 rings (SSSR count). The maximum atomic E-state index is 12.2. The summed E-state index contributed by atoms with van der Waals surface area (Å²) in [5, 5.41) is 2.82. The van der Waals surface area contributed by atoms with E-state index in [0.717, 1.165) is 5.56 Å². The van der Waals surface area contributed by atoms with E-state index >= 15 is 0 Å². The van der Waals surface area contributed by atoms with Gasteiger partial charge in [-0.2, -0.15) is 0 Å².